The Morgan fingerprint density at radius 3 is 2.63 bits per heavy atom. The van der Waals surface area contributed by atoms with Gasteiger partial charge in [0, 0.05) is 20.7 Å². The lowest BCUT2D eigenvalue weighted by Crippen LogP contribution is -2.27. The van der Waals surface area contributed by atoms with E-state index in [0.717, 1.165) is 46.7 Å². The van der Waals surface area contributed by atoms with Crippen LogP contribution < -0.4 is 10.1 Å². The Kier molecular flexibility index (Phi) is 5.73. The van der Waals surface area contributed by atoms with Crippen molar-refractivity contribution in [3.05, 3.63) is 50.5 Å². The van der Waals surface area contributed by atoms with Crippen LogP contribution in [0.2, 0.25) is 0 Å². The second-order valence-electron chi connectivity index (χ2n) is 8.96. The molecule has 3 aromatic rings. The molecular weight excluding hydrogens is 412 g/mol. The van der Waals surface area contributed by atoms with E-state index in [1.165, 1.54) is 21.8 Å². The van der Waals surface area contributed by atoms with Crippen LogP contribution in [0.15, 0.2) is 29.6 Å². The third-order valence-electron chi connectivity index (χ3n) is 6.01. The number of carbonyl (C=O) groups is 1. The molecule has 4 nitrogen and oxygen atoms in total. The van der Waals surface area contributed by atoms with Crippen LogP contribution in [0, 0.1) is 18.3 Å². The molecule has 0 saturated heterocycles. The van der Waals surface area contributed by atoms with Crippen LogP contribution in [-0.4, -0.2) is 18.0 Å². The molecule has 1 unspecified atom stereocenters. The average molecular weight is 441 g/mol. The highest BCUT2D eigenvalue weighted by Gasteiger charge is 2.31. The number of methoxy groups -OCH3 is 1. The van der Waals surface area contributed by atoms with Crippen LogP contribution in [0.3, 0.4) is 0 Å². The van der Waals surface area contributed by atoms with Gasteiger partial charge in [-0.2, -0.15) is 0 Å². The monoisotopic (exact) mass is 440 g/mol. The molecule has 0 radical (unpaired) electrons. The Morgan fingerprint density at radius 2 is 1.97 bits per heavy atom. The van der Waals surface area contributed by atoms with Crippen molar-refractivity contribution in [2.24, 2.45) is 11.3 Å². The fourth-order valence-electron chi connectivity index (χ4n) is 4.07. The fraction of sp³-hybridized carbons (Fsp3) is 0.417. The van der Waals surface area contributed by atoms with Gasteiger partial charge in [-0.15, -0.1) is 22.7 Å². The number of aryl methyl sites for hydroxylation is 1. The molecule has 0 fully saturated rings. The summed E-state index contributed by atoms with van der Waals surface area (Å²) >= 11 is 3.24. The first kappa shape index (κ1) is 21.1. The smallest absolute Gasteiger partial charge is 0.258 e. The number of nitrogens with one attached hydrogen (secondary N) is 1. The molecule has 0 spiro atoms. The van der Waals surface area contributed by atoms with E-state index in [1.807, 2.05) is 36.6 Å². The molecule has 1 amide bonds. The molecule has 1 aliphatic rings. The highest BCUT2D eigenvalue weighted by Crippen LogP contribution is 2.41. The highest BCUT2D eigenvalue weighted by atomic mass is 32.1. The van der Waals surface area contributed by atoms with Gasteiger partial charge >= 0.3 is 0 Å². The summed E-state index contributed by atoms with van der Waals surface area (Å²) in [5.74, 6) is 1.45. The molecule has 1 aliphatic carbocycles. The summed E-state index contributed by atoms with van der Waals surface area (Å²) in [7, 11) is 1.66. The highest BCUT2D eigenvalue weighted by molar-refractivity contribution is 7.16. The van der Waals surface area contributed by atoms with Crippen molar-refractivity contribution in [2.45, 2.75) is 47.0 Å². The zero-order valence-corrected chi connectivity index (χ0v) is 19.8. The summed E-state index contributed by atoms with van der Waals surface area (Å²) < 4.78 is 5.23. The number of hydrogen-bond acceptors (Lipinski definition) is 5. The van der Waals surface area contributed by atoms with E-state index in [-0.39, 0.29) is 5.91 Å². The Balaban J connectivity index is 1.51. The number of thiazole rings is 1. The van der Waals surface area contributed by atoms with Gasteiger partial charge in [0.05, 0.1) is 18.4 Å². The first-order valence-electron chi connectivity index (χ1n) is 10.3. The Bertz CT molecular complexity index is 1060. The maximum absolute atomic E-state index is 13.0. The van der Waals surface area contributed by atoms with E-state index in [2.05, 4.69) is 26.1 Å². The standard InChI is InChI=1S/C24H28N2O2S2/c1-14-21(15-6-9-17(28-5)10-7-15)25-23(30-14)26-22(27)19-13-29-20-12-16(24(2,3)4)8-11-18(19)20/h6-7,9-10,13,16H,8,11-12H2,1-5H3,(H,25,26,27). The third-order valence-corrected chi connectivity index (χ3v) is 7.94. The van der Waals surface area contributed by atoms with Crippen LogP contribution in [-0.2, 0) is 12.8 Å². The summed E-state index contributed by atoms with van der Waals surface area (Å²) in [4.78, 5) is 20.2. The summed E-state index contributed by atoms with van der Waals surface area (Å²) in [5, 5.41) is 5.71. The van der Waals surface area contributed by atoms with Crippen molar-refractivity contribution in [1.82, 2.24) is 4.98 Å². The average Bonchev–Trinajstić information content (AvgIpc) is 3.30. The topological polar surface area (TPSA) is 51.2 Å². The van der Waals surface area contributed by atoms with Crippen molar-refractivity contribution in [1.29, 1.82) is 0 Å². The molecule has 2 heterocycles. The quantitative estimate of drug-likeness (QED) is 0.498. The Morgan fingerprint density at radius 1 is 1.23 bits per heavy atom. The molecule has 6 heteroatoms. The van der Waals surface area contributed by atoms with Crippen molar-refractivity contribution in [3.63, 3.8) is 0 Å². The molecule has 158 valence electrons. The first-order chi connectivity index (χ1) is 14.3. The maximum Gasteiger partial charge on any atom is 0.258 e. The van der Waals surface area contributed by atoms with Gasteiger partial charge in [-0.1, -0.05) is 20.8 Å². The number of fused-ring (bicyclic) bond motifs is 1. The van der Waals surface area contributed by atoms with E-state index in [0.29, 0.717) is 16.5 Å². The second-order valence-corrected chi connectivity index (χ2v) is 11.1. The lowest BCUT2D eigenvalue weighted by atomic mass is 9.72. The van der Waals surface area contributed by atoms with Crippen molar-refractivity contribution >= 4 is 33.7 Å². The summed E-state index contributed by atoms with van der Waals surface area (Å²) in [6.07, 6.45) is 3.21. The van der Waals surface area contributed by atoms with Gasteiger partial charge in [-0.25, -0.2) is 4.98 Å². The predicted octanol–water partition coefficient (Wildman–Crippen LogP) is 6.59. The van der Waals surface area contributed by atoms with Crippen molar-refractivity contribution < 1.29 is 9.53 Å². The molecule has 0 saturated carbocycles. The first-order valence-corrected chi connectivity index (χ1v) is 12.0. The summed E-state index contributed by atoms with van der Waals surface area (Å²) in [5.41, 5.74) is 4.28. The van der Waals surface area contributed by atoms with E-state index >= 15 is 0 Å². The number of nitrogens with zero attached hydrogens (tertiary/aromatic N) is 1. The van der Waals surface area contributed by atoms with Gasteiger partial charge in [-0.3, -0.25) is 10.1 Å². The number of amides is 1. The lowest BCUT2D eigenvalue weighted by Gasteiger charge is -2.34. The molecule has 0 bridgehead atoms. The Hall–Kier alpha value is -2.18. The van der Waals surface area contributed by atoms with E-state index in [4.69, 9.17) is 9.72 Å². The van der Waals surface area contributed by atoms with Gasteiger partial charge in [0.15, 0.2) is 5.13 Å². The fourth-order valence-corrected chi connectivity index (χ4v) is 6.07. The van der Waals surface area contributed by atoms with Gasteiger partial charge in [0.1, 0.15) is 5.75 Å². The number of rotatable bonds is 4. The number of carbonyl (C=O) groups excluding carboxylic acids is 1. The van der Waals surface area contributed by atoms with E-state index in [9.17, 15) is 4.79 Å². The molecular formula is C24H28N2O2S2. The number of anilines is 1. The van der Waals surface area contributed by atoms with Crippen molar-refractivity contribution in [2.75, 3.05) is 12.4 Å². The zero-order chi connectivity index (χ0) is 21.5. The third kappa shape index (κ3) is 4.16. The molecule has 2 aromatic heterocycles. The largest absolute Gasteiger partial charge is 0.497 e. The van der Waals surface area contributed by atoms with E-state index in [1.54, 1.807) is 18.4 Å². The van der Waals surface area contributed by atoms with Crippen molar-refractivity contribution in [3.8, 4) is 17.0 Å². The maximum atomic E-state index is 13.0. The number of thiophene rings is 1. The molecule has 1 aromatic carbocycles. The zero-order valence-electron chi connectivity index (χ0n) is 18.2. The number of aromatic nitrogens is 1. The number of hydrogen-bond donors (Lipinski definition) is 1. The minimum absolute atomic E-state index is 0.0447. The number of benzene rings is 1. The predicted molar refractivity (Wildman–Crippen MR) is 126 cm³/mol. The second kappa shape index (κ2) is 8.16. The van der Waals surface area contributed by atoms with E-state index < -0.39 is 0 Å². The van der Waals surface area contributed by atoms with Gasteiger partial charge in [0.25, 0.3) is 5.91 Å². The minimum Gasteiger partial charge on any atom is -0.497 e. The molecule has 0 aliphatic heterocycles. The van der Waals surface area contributed by atoms with Gasteiger partial charge in [0.2, 0.25) is 0 Å². The van der Waals surface area contributed by atoms with Crippen LogP contribution in [0.25, 0.3) is 11.3 Å². The molecule has 4 rings (SSSR count). The molecule has 1 atom stereocenters. The van der Waals surface area contributed by atoms with Gasteiger partial charge in [-0.05, 0) is 67.3 Å². The molecule has 30 heavy (non-hydrogen) atoms. The van der Waals surface area contributed by atoms with Crippen LogP contribution >= 0.6 is 22.7 Å². The normalized spacial score (nSPS) is 16.2. The summed E-state index contributed by atoms with van der Waals surface area (Å²) in [6, 6.07) is 7.84. The minimum atomic E-state index is -0.0447. The number of ether oxygens (including phenoxy) is 1. The van der Waals surface area contributed by atoms with Crippen LogP contribution in [0.4, 0.5) is 5.13 Å². The summed E-state index contributed by atoms with van der Waals surface area (Å²) in [6.45, 7) is 8.98. The molecule has 1 N–H and O–H groups in total. The van der Waals surface area contributed by atoms with Gasteiger partial charge < -0.3 is 4.74 Å². The lowest BCUT2D eigenvalue weighted by molar-refractivity contribution is 0.102. The Labute approximate surface area is 186 Å². The van der Waals surface area contributed by atoms with Crippen LogP contribution in [0.5, 0.6) is 5.75 Å². The van der Waals surface area contributed by atoms with Crippen LogP contribution in [0.1, 0.15) is 52.9 Å². The SMILES string of the molecule is COc1ccc(-c2nc(NC(=O)c3csc4c3CCC(C(C)(C)C)C4)sc2C)cc1.